The molecule has 1 aromatic rings. The fourth-order valence-corrected chi connectivity index (χ4v) is 0.786. The zero-order valence-corrected chi connectivity index (χ0v) is 6.49. The highest BCUT2D eigenvalue weighted by Gasteiger charge is 1.92. The average Bonchev–Trinajstić information content (AvgIpc) is 2.03. The molecule has 0 aromatic heterocycles. The molecule has 0 fully saturated rings. The summed E-state index contributed by atoms with van der Waals surface area (Å²) >= 11 is 0. The van der Waals surface area contributed by atoms with Crippen LogP contribution in [0.25, 0.3) is 0 Å². The van der Waals surface area contributed by atoms with Gasteiger partial charge in [0.2, 0.25) is 0 Å². The van der Waals surface area contributed by atoms with Crippen LogP contribution in [0.5, 0.6) is 5.75 Å². The second-order valence-electron chi connectivity index (χ2n) is 2.19. The Morgan fingerprint density at radius 3 is 2.82 bits per heavy atom. The lowest BCUT2D eigenvalue weighted by Crippen LogP contribution is -1.81. The largest absolute Gasteiger partial charge is 0.507 e. The number of hydrogen-bond donors (Lipinski definition) is 1. The smallest absolute Gasteiger partial charge is 0.124 e. The van der Waals surface area contributed by atoms with E-state index in [0.29, 0.717) is 0 Å². The minimum absolute atomic E-state index is 0.282. The molecule has 0 aliphatic carbocycles. The zero-order valence-electron chi connectivity index (χ0n) is 6.49. The van der Waals surface area contributed by atoms with Gasteiger partial charge in [0, 0.05) is 18.3 Å². The third-order valence-corrected chi connectivity index (χ3v) is 1.35. The summed E-state index contributed by atoms with van der Waals surface area (Å²) in [5.41, 5.74) is 0.773. The molecule has 0 radical (unpaired) electrons. The highest BCUT2D eigenvalue weighted by Crippen LogP contribution is 2.12. The first-order valence-corrected chi connectivity index (χ1v) is 3.62. The van der Waals surface area contributed by atoms with Crippen LogP contribution in [-0.4, -0.2) is 17.9 Å². The van der Waals surface area contributed by atoms with Crippen LogP contribution in [0.2, 0.25) is 0 Å². The van der Waals surface area contributed by atoms with Crippen LogP contribution < -0.4 is 0 Å². The molecule has 0 aliphatic rings. The maximum absolute atomic E-state index is 9.25. The van der Waals surface area contributed by atoms with Crippen molar-refractivity contribution in [1.29, 1.82) is 0 Å². The Kier molecular flexibility index (Phi) is 2.66. The lowest BCUT2D eigenvalue weighted by atomic mass is 10.2. The van der Waals surface area contributed by atoms with Gasteiger partial charge in [-0.2, -0.15) is 0 Å². The number of benzene rings is 1. The van der Waals surface area contributed by atoms with Crippen molar-refractivity contribution in [2.75, 3.05) is 6.54 Å². The number of phenols is 1. The molecule has 0 amide bonds. The number of aromatic hydroxyl groups is 1. The standard InChI is InChI=1S/C9H11NO/c1-2-10-7-8-5-3-4-6-9(8)11/h3-7,11H,2H2,1H3/b10-7+. The van der Waals surface area contributed by atoms with Gasteiger partial charge in [0.25, 0.3) is 0 Å². The number of rotatable bonds is 2. The van der Waals surface area contributed by atoms with Gasteiger partial charge in [-0.3, -0.25) is 4.99 Å². The zero-order chi connectivity index (χ0) is 8.10. The minimum atomic E-state index is 0.282. The number of phenolic OH excluding ortho intramolecular Hbond substituents is 1. The van der Waals surface area contributed by atoms with Crippen molar-refractivity contribution < 1.29 is 5.11 Å². The predicted molar refractivity (Wildman–Crippen MR) is 46.2 cm³/mol. The molecule has 2 heteroatoms. The Bertz CT molecular complexity index is 255. The van der Waals surface area contributed by atoms with Crippen LogP contribution in [0.3, 0.4) is 0 Å². The number of para-hydroxylation sites is 1. The van der Waals surface area contributed by atoms with E-state index in [1.54, 1.807) is 18.3 Å². The second-order valence-corrected chi connectivity index (χ2v) is 2.19. The van der Waals surface area contributed by atoms with Crippen LogP contribution >= 0.6 is 0 Å². The lowest BCUT2D eigenvalue weighted by Gasteiger charge is -1.94. The van der Waals surface area contributed by atoms with E-state index in [4.69, 9.17) is 0 Å². The molecule has 0 heterocycles. The molecule has 0 saturated carbocycles. The normalized spacial score (nSPS) is 10.6. The fraction of sp³-hybridized carbons (Fsp3) is 0.222. The molecule has 1 N–H and O–H groups in total. The Morgan fingerprint density at radius 2 is 2.18 bits per heavy atom. The van der Waals surface area contributed by atoms with Crippen LogP contribution in [0, 0.1) is 0 Å². The summed E-state index contributed by atoms with van der Waals surface area (Å²) in [5.74, 6) is 0.282. The highest BCUT2D eigenvalue weighted by molar-refractivity contribution is 5.83. The summed E-state index contributed by atoms with van der Waals surface area (Å²) < 4.78 is 0. The molecule has 1 rings (SSSR count). The Balaban J connectivity index is 2.86. The van der Waals surface area contributed by atoms with Gasteiger partial charge in [0.15, 0.2) is 0 Å². The van der Waals surface area contributed by atoms with Crippen LogP contribution in [0.15, 0.2) is 29.3 Å². The van der Waals surface area contributed by atoms with Gasteiger partial charge < -0.3 is 5.11 Å². The van der Waals surface area contributed by atoms with E-state index in [0.717, 1.165) is 12.1 Å². The fourth-order valence-electron chi connectivity index (χ4n) is 0.786. The van der Waals surface area contributed by atoms with Gasteiger partial charge in [-0.05, 0) is 19.1 Å². The quantitative estimate of drug-likeness (QED) is 0.639. The van der Waals surface area contributed by atoms with Gasteiger partial charge in [0.05, 0.1) is 0 Å². The molecule has 58 valence electrons. The van der Waals surface area contributed by atoms with Gasteiger partial charge in [-0.15, -0.1) is 0 Å². The molecule has 0 spiro atoms. The summed E-state index contributed by atoms with van der Waals surface area (Å²) in [7, 11) is 0. The predicted octanol–water partition coefficient (Wildman–Crippen LogP) is 1.83. The molecule has 11 heavy (non-hydrogen) atoms. The maximum Gasteiger partial charge on any atom is 0.124 e. The number of nitrogens with zero attached hydrogens (tertiary/aromatic N) is 1. The van der Waals surface area contributed by atoms with Crippen molar-refractivity contribution in [2.45, 2.75) is 6.92 Å². The first kappa shape index (κ1) is 7.79. The Labute approximate surface area is 66.2 Å². The van der Waals surface area contributed by atoms with E-state index in [-0.39, 0.29) is 5.75 Å². The summed E-state index contributed by atoms with van der Waals surface area (Å²) in [6.07, 6.45) is 1.68. The molecule has 0 unspecified atom stereocenters. The third-order valence-electron chi connectivity index (χ3n) is 1.35. The molecule has 2 nitrogen and oxygen atoms in total. The second kappa shape index (κ2) is 3.76. The average molecular weight is 149 g/mol. The summed E-state index contributed by atoms with van der Waals surface area (Å²) in [6.45, 7) is 2.70. The molecule has 0 bridgehead atoms. The topological polar surface area (TPSA) is 32.6 Å². The van der Waals surface area contributed by atoms with Crippen molar-refractivity contribution in [3.05, 3.63) is 29.8 Å². The van der Waals surface area contributed by atoms with Crippen molar-refractivity contribution >= 4 is 6.21 Å². The van der Waals surface area contributed by atoms with Crippen molar-refractivity contribution in [2.24, 2.45) is 4.99 Å². The molecule has 0 atom stereocenters. The van der Waals surface area contributed by atoms with Crippen LogP contribution in [0.1, 0.15) is 12.5 Å². The first-order chi connectivity index (χ1) is 5.34. The molecule has 0 saturated heterocycles. The van der Waals surface area contributed by atoms with E-state index in [2.05, 4.69) is 4.99 Å². The van der Waals surface area contributed by atoms with E-state index in [9.17, 15) is 5.11 Å². The Hall–Kier alpha value is -1.31. The van der Waals surface area contributed by atoms with Gasteiger partial charge in [-0.25, -0.2) is 0 Å². The summed E-state index contributed by atoms with van der Waals surface area (Å²) in [6, 6.07) is 7.14. The van der Waals surface area contributed by atoms with E-state index in [1.165, 1.54) is 0 Å². The van der Waals surface area contributed by atoms with Crippen molar-refractivity contribution in [3.8, 4) is 5.75 Å². The van der Waals surface area contributed by atoms with Gasteiger partial charge in [-0.1, -0.05) is 12.1 Å². The lowest BCUT2D eigenvalue weighted by molar-refractivity contribution is 0.474. The monoisotopic (exact) mass is 149 g/mol. The van der Waals surface area contributed by atoms with Crippen molar-refractivity contribution in [1.82, 2.24) is 0 Å². The number of aliphatic imine (C=N–C) groups is 1. The van der Waals surface area contributed by atoms with Gasteiger partial charge >= 0.3 is 0 Å². The minimum Gasteiger partial charge on any atom is -0.507 e. The molecular weight excluding hydrogens is 138 g/mol. The molecule has 0 aliphatic heterocycles. The van der Waals surface area contributed by atoms with Crippen LogP contribution in [-0.2, 0) is 0 Å². The number of hydrogen-bond acceptors (Lipinski definition) is 2. The van der Waals surface area contributed by atoms with E-state index in [1.807, 2.05) is 19.1 Å². The van der Waals surface area contributed by atoms with E-state index >= 15 is 0 Å². The highest BCUT2D eigenvalue weighted by atomic mass is 16.3. The third kappa shape index (κ3) is 2.08. The molecular formula is C9H11NO. The summed E-state index contributed by atoms with van der Waals surface area (Å²) in [5, 5.41) is 9.25. The molecule has 1 aromatic carbocycles. The van der Waals surface area contributed by atoms with Crippen molar-refractivity contribution in [3.63, 3.8) is 0 Å². The van der Waals surface area contributed by atoms with Gasteiger partial charge in [0.1, 0.15) is 5.75 Å². The maximum atomic E-state index is 9.25. The van der Waals surface area contributed by atoms with E-state index < -0.39 is 0 Å². The van der Waals surface area contributed by atoms with Crippen LogP contribution in [0.4, 0.5) is 0 Å². The first-order valence-electron chi connectivity index (χ1n) is 3.62. The SMILES string of the molecule is CC/N=C/c1ccccc1O. The summed E-state index contributed by atoms with van der Waals surface area (Å²) in [4.78, 5) is 4.02. The Morgan fingerprint density at radius 1 is 1.45 bits per heavy atom.